The molecule has 0 amide bonds. The lowest BCUT2D eigenvalue weighted by molar-refractivity contribution is -0.0511. The van der Waals surface area contributed by atoms with Crippen molar-refractivity contribution < 1.29 is 28.2 Å². The third-order valence-electron chi connectivity index (χ3n) is 3.88. The van der Waals surface area contributed by atoms with Crippen molar-refractivity contribution in [2.75, 3.05) is 12.0 Å². The maximum Gasteiger partial charge on any atom is 0.387 e. The van der Waals surface area contributed by atoms with Crippen LogP contribution in [0.15, 0.2) is 54.2 Å². The SMILES string of the molecule is COc1ccc(N(Cc2cncs2)c2cccc(C(=O)O)c2)cc1OC(F)F. The number of alkyl halides is 2. The van der Waals surface area contributed by atoms with Crippen molar-refractivity contribution in [3.05, 3.63) is 64.6 Å². The van der Waals surface area contributed by atoms with Gasteiger partial charge in [-0.3, -0.25) is 4.98 Å². The van der Waals surface area contributed by atoms with E-state index < -0.39 is 12.6 Å². The molecule has 0 unspecified atom stereocenters. The van der Waals surface area contributed by atoms with Crippen molar-refractivity contribution in [3.63, 3.8) is 0 Å². The van der Waals surface area contributed by atoms with Crippen molar-refractivity contribution in [3.8, 4) is 11.5 Å². The van der Waals surface area contributed by atoms with Gasteiger partial charge in [0.2, 0.25) is 0 Å². The third kappa shape index (κ3) is 4.55. The highest BCUT2D eigenvalue weighted by molar-refractivity contribution is 7.09. The fraction of sp³-hybridized carbons (Fsp3) is 0.158. The van der Waals surface area contributed by atoms with Gasteiger partial charge in [0.25, 0.3) is 0 Å². The molecular formula is C19H16F2N2O4S. The van der Waals surface area contributed by atoms with Crippen LogP contribution in [0.1, 0.15) is 15.2 Å². The monoisotopic (exact) mass is 406 g/mol. The predicted octanol–water partition coefficient (Wildman–Crippen LogP) is 4.79. The number of benzene rings is 2. The quantitative estimate of drug-likeness (QED) is 0.580. The van der Waals surface area contributed by atoms with Crippen molar-refractivity contribution in [1.82, 2.24) is 4.98 Å². The molecule has 1 aromatic heterocycles. The van der Waals surface area contributed by atoms with Gasteiger partial charge >= 0.3 is 12.6 Å². The van der Waals surface area contributed by atoms with Crippen LogP contribution >= 0.6 is 11.3 Å². The van der Waals surface area contributed by atoms with Crippen molar-refractivity contribution >= 4 is 28.7 Å². The molecule has 2 aromatic carbocycles. The Labute approximate surface area is 163 Å². The lowest BCUT2D eigenvalue weighted by Crippen LogP contribution is -2.17. The van der Waals surface area contributed by atoms with Crippen LogP contribution in [-0.2, 0) is 6.54 Å². The minimum Gasteiger partial charge on any atom is -0.493 e. The van der Waals surface area contributed by atoms with Gasteiger partial charge in [-0.15, -0.1) is 11.3 Å². The van der Waals surface area contributed by atoms with Gasteiger partial charge in [0, 0.05) is 28.5 Å². The number of hydrogen-bond acceptors (Lipinski definition) is 6. The van der Waals surface area contributed by atoms with Crippen molar-refractivity contribution in [1.29, 1.82) is 0 Å². The minimum absolute atomic E-state index is 0.112. The van der Waals surface area contributed by atoms with E-state index in [0.29, 0.717) is 17.9 Å². The summed E-state index contributed by atoms with van der Waals surface area (Å²) in [6.45, 7) is -2.64. The van der Waals surface area contributed by atoms with Gasteiger partial charge in [-0.1, -0.05) is 6.07 Å². The topological polar surface area (TPSA) is 71.9 Å². The zero-order valence-corrected chi connectivity index (χ0v) is 15.5. The zero-order chi connectivity index (χ0) is 20.1. The van der Waals surface area contributed by atoms with Crippen molar-refractivity contribution in [2.24, 2.45) is 0 Å². The molecule has 0 atom stereocenters. The summed E-state index contributed by atoms with van der Waals surface area (Å²) in [5.74, 6) is -1.00. The summed E-state index contributed by atoms with van der Waals surface area (Å²) in [6, 6.07) is 11.0. The number of aromatic carboxylic acids is 1. The van der Waals surface area contributed by atoms with Crippen LogP contribution in [0.25, 0.3) is 0 Å². The molecule has 28 heavy (non-hydrogen) atoms. The molecule has 0 saturated carbocycles. The second kappa shape index (κ2) is 8.66. The molecule has 3 aromatic rings. The van der Waals surface area contributed by atoms with E-state index in [2.05, 4.69) is 9.72 Å². The van der Waals surface area contributed by atoms with E-state index in [9.17, 15) is 18.7 Å². The number of carboxylic acids is 1. The lowest BCUT2D eigenvalue weighted by atomic mass is 10.1. The first-order chi connectivity index (χ1) is 13.5. The van der Waals surface area contributed by atoms with E-state index in [1.807, 2.05) is 0 Å². The number of carboxylic acid groups (broad SMARTS) is 1. The number of anilines is 2. The van der Waals surface area contributed by atoms with Crippen LogP contribution in [-0.4, -0.2) is 29.8 Å². The van der Waals surface area contributed by atoms with Gasteiger partial charge < -0.3 is 19.5 Å². The summed E-state index contributed by atoms with van der Waals surface area (Å²) in [7, 11) is 1.36. The number of rotatable bonds is 8. The normalized spacial score (nSPS) is 10.7. The molecule has 0 fully saturated rings. The van der Waals surface area contributed by atoms with E-state index >= 15 is 0 Å². The molecule has 0 saturated heterocycles. The number of thiazole rings is 1. The molecule has 146 valence electrons. The Morgan fingerprint density at radius 3 is 2.64 bits per heavy atom. The first kappa shape index (κ1) is 19.6. The lowest BCUT2D eigenvalue weighted by Gasteiger charge is -2.25. The number of ether oxygens (including phenoxy) is 2. The molecule has 1 N–H and O–H groups in total. The Morgan fingerprint density at radius 1 is 1.21 bits per heavy atom. The third-order valence-corrected chi connectivity index (χ3v) is 4.64. The Morgan fingerprint density at radius 2 is 2.00 bits per heavy atom. The van der Waals surface area contributed by atoms with Gasteiger partial charge in [0.05, 0.1) is 24.7 Å². The fourth-order valence-corrected chi connectivity index (χ4v) is 3.22. The molecule has 0 bridgehead atoms. The number of carbonyl (C=O) groups is 1. The summed E-state index contributed by atoms with van der Waals surface area (Å²) < 4.78 is 35.2. The standard InChI is InChI=1S/C19H16F2N2O4S/c1-26-16-6-5-14(8-17(16)27-19(20)21)23(10-15-9-22-11-28-15)13-4-2-3-12(7-13)18(24)25/h2-9,11,19H,10H2,1H3,(H,24,25). The highest BCUT2D eigenvalue weighted by Crippen LogP contribution is 2.37. The average Bonchev–Trinajstić information content (AvgIpc) is 3.19. The fourth-order valence-electron chi connectivity index (χ4n) is 2.64. The second-order valence-electron chi connectivity index (χ2n) is 5.62. The van der Waals surface area contributed by atoms with Crippen LogP contribution in [0, 0.1) is 0 Å². The van der Waals surface area contributed by atoms with Crippen LogP contribution in [0.2, 0.25) is 0 Å². The largest absolute Gasteiger partial charge is 0.493 e. The summed E-state index contributed by atoms with van der Waals surface area (Å²) in [4.78, 5) is 18.1. The van der Waals surface area contributed by atoms with E-state index in [-0.39, 0.29) is 17.1 Å². The molecule has 9 heteroatoms. The van der Waals surface area contributed by atoms with E-state index in [1.54, 1.807) is 34.8 Å². The number of aromatic nitrogens is 1. The van der Waals surface area contributed by atoms with E-state index in [4.69, 9.17) is 4.74 Å². The number of methoxy groups -OCH3 is 1. The predicted molar refractivity (Wildman–Crippen MR) is 101 cm³/mol. The van der Waals surface area contributed by atoms with Crippen molar-refractivity contribution in [2.45, 2.75) is 13.2 Å². The maximum absolute atomic E-state index is 12.8. The number of halogens is 2. The van der Waals surface area contributed by atoms with Crippen LogP contribution in [0.3, 0.4) is 0 Å². The van der Waals surface area contributed by atoms with E-state index in [1.165, 1.54) is 42.7 Å². The summed E-state index contributed by atoms with van der Waals surface area (Å²) in [6.07, 6.45) is 1.69. The molecule has 0 radical (unpaired) electrons. The zero-order valence-electron chi connectivity index (χ0n) is 14.7. The van der Waals surface area contributed by atoms with Gasteiger partial charge in [-0.05, 0) is 30.3 Å². The first-order valence-corrected chi connectivity index (χ1v) is 8.97. The van der Waals surface area contributed by atoms with Gasteiger partial charge in [0.1, 0.15) is 0 Å². The van der Waals surface area contributed by atoms with Gasteiger partial charge in [0.15, 0.2) is 11.5 Å². The minimum atomic E-state index is -3.01. The molecule has 0 spiro atoms. The summed E-state index contributed by atoms with van der Waals surface area (Å²) in [5, 5.41) is 9.28. The van der Waals surface area contributed by atoms with Crippen LogP contribution in [0.4, 0.5) is 20.2 Å². The van der Waals surface area contributed by atoms with Gasteiger partial charge in [-0.25, -0.2) is 4.79 Å². The Balaban J connectivity index is 2.06. The maximum atomic E-state index is 12.8. The van der Waals surface area contributed by atoms with Crippen LogP contribution < -0.4 is 14.4 Å². The molecule has 0 aliphatic heterocycles. The molecule has 3 rings (SSSR count). The molecule has 0 aliphatic rings. The first-order valence-electron chi connectivity index (χ1n) is 8.09. The highest BCUT2D eigenvalue weighted by Gasteiger charge is 2.17. The highest BCUT2D eigenvalue weighted by atomic mass is 32.1. The smallest absolute Gasteiger partial charge is 0.387 e. The summed E-state index contributed by atoms with van der Waals surface area (Å²) in [5.41, 5.74) is 2.92. The summed E-state index contributed by atoms with van der Waals surface area (Å²) >= 11 is 1.43. The second-order valence-corrected chi connectivity index (χ2v) is 6.59. The average molecular weight is 406 g/mol. The molecule has 6 nitrogen and oxygen atoms in total. The van der Waals surface area contributed by atoms with Crippen LogP contribution in [0.5, 0.6) is 11.5 Å². The Hall–Kier alpha value is -3.20. The molecule has 0 aliphatic carbocycles. The van der Waals surface area contributed by atoms with Gasteiger partial charge in [-0.2, -0.15) is 8.78 Å². The Bertz CT molecular complexity index is 951. The number of nitrogens with zero attached hydrogens (tertiary/aromatic N) is 2. The number of hydrogen-bond donors (Lipinski definition) is 1. The van der Waals surface area contributed by atoms with E-state index in [0.717, 1.165) is 4.88 Å². The molecular weight excluding hydrogens is 390 g/mol. The Kier molecular flexibility index (Phi) is 6.05. The molecule has 1 heterocycles.